The van der Waals surface area contributed by atoms with Crippen LogP contribution in [0.25, 0.3) is 0 Å². The van der Waals surface area contributed by atoms with Crippen molar-refractivity contribution >= 4 is 35.0 Å². The predicted octanol–water partition coefficient (Wildman–Crippen LogP) is 3.49. The number of hydrogen-bond donors (Lipinski definition) is 1. The van der Waals surface area contributed by atoms with E-state index in [1.807, 2.05) is 0 Å². The topological polar surface area (TPSA) is 70.1 Å². The number of benzene rings is 2. The van der Waals surface area contributed by atoms with Crippen molar-refractivity contribution in [3.05, 3.63) is 63.6 Å². The molecule has 1 atom stereocenters. The van der Waals surface area contributed by atoms with Gasteiger partial charge in [0, 0.05) is 25.7 Å². The molecule has 0 radical (unpaired) electrons. The Hall–Kier alpha value is -2.12. The molecule has 0 saturated carbocycles. The van der Waals surface area contributed by atoms with Gasteiger partial charge in [-0.05, 0) is 37.1 Å². The fourth-order valence-corrected chi connectivity index (χ4v) is 4.21. The molecule has 6 nitrogen and oxygen atoms in total. The fraction of sp³-hybridized carbons (Fsp3) is 0.364. The number of hydrogen-bond acceptors (Lipinski definition) is 5. The number of carbonyl (C=O) groups is 2. The molecule has 2 aliphatic rings. The van der Waals surface area contributed by atoms with Gasteiger partial charge in [0.2, 0.25) is 0 Å². The number of aliphatic hydroxyl groups excluding tert-OH is 1. The van der Waals surface area contributed by atoms with Crippen LogP contribution in [0.15, 0.2) is 42.5 Å². The summed E-state index contributed by atoms with van der Waals surface area (Å²) in [5.74, 6) is 0.000256. The second-order valence-corrected chi connectivity index (χ2v) is 8.43. The Balaban J connectivity index is 1.26. The van der Waals surface area contributed by atoms with Crippen LogP contribution in [0.1, 0.15) is 33.6 Å². The quantitative estimate of drug-likeness (QED) is 0.684. The number of halogens is 2. The van der Waals surface area contributed by atoms with Crippen molar-refractivity contribution in [2.45, 2.75) is 25.0 Å². The maximum absolute atomic E-state index is 12.4. The van der Waals surface area contributed by atoms with Crippen LogP contribution < -0.4 is 4.74 Å². The summed E-state index contributed by atoms with van der Waals surface area (Å²) in [7, 11) is 0. The molecule has 0 bridgehead atoms. The molecule has 2 aromatic rings. The van der Waals surface area contributed by atoms with Gasteiger partial charge >= 0.3 is 0 Å². The average molecular weight is 449 g/mol. The highest BCUT2D eigenvalue weighted by Gasteiger charge is 2.36. The number of piperidine rings is 1. The summed E-state index contributed by atoms with van der Waals surface area (Å²) in [6, 6.07) is 12.0. The van der Waals surface area contributed by atoms with Crippen LogP contribution in [0.5, 0.6) is 5.75 Å². The minimum absolute atomic E-state index is 0.00789. The number of ether oxygens (including phenoxy) is 1. The van der Waals surface area contributed by atoms with Crippen molar-refractivity contribution in [1.82, 2.24) is 9.80 Å². The summed E-state index contributed by atoms with van der Waals surface area (Å²) in [4.78, 5) is 28.1. The Kier molecular flexibility index (Phi) is 6.29. The highest BCUT2D eigenvalue weighted by atomic mass is 35.5. The predicted molar refractivity (Wildman–Crippen MR) is 114 cm³/mol. The van der Waals surface area contributed by atoms with Gasteiger partial charge in [0.15, 0.2) is 0 Å². The lowest BCUT2D eigenvalue weighted by molar-refractivity contribution is 0.0372. The number of amides is 2. The first-order valence-electron chi connectivity index (χ1n) is 9.89. The van der Waals surface area contributed by atoms with Gasteiger partial charge in [-0.1, -0.05) is 35.3 Å². The lowest BCUT2D eigenvalue weighted by Crippen LogP contribution is -2.46. The second kappa shape index (κ2) is 8.94. The number of β-amino-alcohol motifs (C(OH)–C–C–N with tert-alkyl or cyclic N) is 1. The van der Waals surface area contributed by atoms with Gasteiger partial charge in [0.1, 0.15) is 11.9 Å². The largest absolute Gasteiger partial charge is 0.490 e. The highest BCUT2D eigenvalue weighted by Crippen LogP contribution is 2.28. The van der Waals surface area contributed by atoms with E-state index < -0.39 is 6.10 Å². The smallest absolute Gasteiger partial charge is 0.261 e. The van der Waals surface area contributed by atoms with Crippen molar-refractivity contribution in [3.8, 4) is 5.75 Å². The van der Waals surface area contributed by atoms with Gasteiger partial charge in [0.05, 0.1) is 33.8 Å². The monoisotopic (exact) mass is 448 g/mol. The Bertz CT molecular complexity index is 925. The summed E-state index contributed by atoms with van der Waals surface area (Å²) in [6.45, 7) is 1.90. The number of fused-ring (bicyclic) bond motifs is 1. The van der Waals surface area contributed by atoms with E-state index in [-0.39, 0.29) is 24.5 Å². The third kappa shape index (κ3) is 4.47. The van der Waals surface area contributed by atoms with Crippen LogP contribution in [-0.2, 0) is 0 Å². The van der Waals surface area contributed by atoms with Crippen molar-refractivity contribution in [2.75, 3.05) is 26.2 Å². The maximum atomic E-state index is 12.4. The van der Waals surface area contributed by atoms with Crippen LogP contribution in [0.3, 0.4) is 0 Å². The number of aliphatic hydroxyl groups is 1. The average Bonchev–Trinajstić information content (AvgIpc) is 2.97. The Labute approximate surface area is 184 Å². The van der Waals surface area contributed by atoms with Gasteiger partial charge in [-0.2, -0.15) is 0 Å². The number of rotatable bonds is 6. The molecule has 1 N–H and O–H groups in total. The lowest BCUT2D eigenvalue weighted by Gasteiger charge is -2.33. The molecule has 0 unspecified atom stereocenters. The van der Waals surface area contributed by atoms with Crippen molar-refractivity contribution < 1.29 is 19.4 Å². The zero-order valence-corrected chi connectivity index (χ0v) is 17.8. The molecule has 1 fully saturated rings. The molecule has 2 aromatic carbocycles. The lowest BCUT2D eigenvalue weighted by atomic mass is 10.1. The minimum atomic E-state index is -0.806. The molecule has 0 aliphatic carbocycles. The van der Waals surface area contributed by atoms with E-state index >= 15 is 0 Å². The third-order valence-electron chi connectivity index (χ3n) is 5.47. The molecule has 0 spiro atoms. The Morgan fingerprint density at radius 3 is 2.20 bits per heavy atom. The summed E-state index contributed by atoms with van der Waals surface area (Å²) in [5, 5.41) is 11.4. The molecule has 4 rings (SSSR count). The summed E-state index contributed by atoms with van der Waals surface area (Å²) >= 11 is 12.0. The van der Waals surface area contributed by atoms with E-state index in [2.05, 4.69) is 4.90 Å². The number of carbonyl (C=O) groups excluding carboxylic acids is 2. The molecule has 8 heteroatoms. The van der Waals surface area contributed by atoms with Gasteiger partial charge in [-0.15, -0.1) is 0 Å². The van der Waals surface area contributed by atoms with Crippen molar-refractivity contribution in [1.29, 1.82) is 0 Å². The first-order chi connectivity index (χ1) is 14.4. The van der Waals surface area contributed by atoms with E-state index in [1.54, 1.807) is 42.5 Å². The standard InChI is InChI=1S/C22H22Cl2N2O4/c23-19-6-5-16(11-20(19)24)30-15-7-9-25(10-8-15)12-14(27)13-26-21(28)17-3-1-2-4-18(17)22(26)29/h1-6,11,14-15,27H,7-10,12-13H2/t14-/m0/s1. The summed E-state index contributed by atoms with van der Waals surface area (Å²) < 4.78 is 5.99. The van der Waals surface area contributed by atoms with Crippen LogP contribution in [0.2, 0.25) is 10.0 Å². The fourth-order valence-electron chi connectivity index (χ4n) is 3.92. The number of nitrogens with zero attached hydrogens (tertiary/aromatic N) is 2. The van der Waals surface area contributed by atoms with Crippen LogP contribution in [-0.4, -0.2) is 65.1 Å². The first kappa shape index (κ1) is 21.1. The molecule has 158 valence electrons. The van der Waals surface area contributed by atoms with Gasteiger partial charge in [-0.3, -0.25) is 14.5 Å². The SMILES string of the molecule is O=C1c2ccccc2C(=O)N1C[C@@H](O)CN1CCC(Oc2ccc(Cl)c(Cl)c2)CC1. The third-order valence-corrected chi connectivity index (χ3v) is 6.21. The van der Waals surface area contributed by atoms with Gasteiger partial charge in [0.25, 0.3) is 11.8 Å². The highest BCUT2D eigenvalue weighted by molar-refractivity contribution is 6.42. The van der Waals surface area contributed by atoms with E-state index in [0.29, 0.717) is 33.5 Å². The zero-order valence-electron chi connectivity index (χ0n) is 16.3. The molecule has 2 amide bonds. The van der Waals surface area contributed by atoms with Crippen molar-refractivity contribution in [3.63, 3.8) is 0 Å². The molecular weight excluding hydrogens is 427 g/mol. The van der Waals surface area contributed by atoms with Gasteiger partial charge < -0.3 is 14.7 Å². The van der Waals surface area contributed by atoms with Gasteiger partial charge in [-0.25, -0.2) is 0 Å². The van der Waals surface area contributed by atoms with E-state index in [4.69, 9.17) is 27.9 Å². The number of likely N-dealkylation sites (tertiary alicyclic amines) is 1. The molecule has 1 saturated heterocycles. The molecule has 2 heterocycles. The maximum Gasteiger partial charge on any atom is 0.261 e. The minimum Gasteiger partial charge on any atom is -0.490 e. The Morgan fingerprint density at radius 2 is 1.60 bits per heavy atom. The van der Waals surface area contributed by atoms with Crippen LogP contribution in [0, 0.1) is 0 Å². The summed E-state index contributed by atoms with van der Waals surface area (Å²) in [5.41, 5.74) is 0.796. The Morgan fingerprint density at radius 1 is 0.967 bits per heavy atom. The van der Waals surface area contributed by atoms with E-state index in [0.717, 1.165) is 30.8 Å². The molecule has 0 aromatic heterocycles. The van der Waals surface area contributed by atoms with Crippen LogP contribution >= 0.6 is 23.2 Å². The molecular formula is C22H22Cl2N2O4. The molecule has 2 aliphatic heterocycles. The summed E-state index contributed by atoms with van der Waals surface area (Å²) in [6.07, 6.45) is 0.867. The van der Waals surface area contributed by atoms with E-state index in [1.165, 1.54) is 0 Å². The normalized spacial score (nSPS) is 18.6. The number of imide groups is 1. The molecule has 30 heavy (non-hydrogen) atoms. The van der Waals surface area contributed by atoms with E-state index in [9.17, 15) is 14.7 Å². The van der Waals surface area contributed by atoms with Crippen molar-refractivity contribution in [2.24, 2.45) is 0 Å². The van der Waals surface area contributed by atoms with Crippen LogP contribution in [0.4, 0.5) is 0 Å². The second-order valence-electron chi connectivity index (χ2n) is 7.61. The zero-order chi connectivity index (χ0) is 21.3. The first-order valence-corrected chi connectivity index (χ1v) is 10.7.